The van der Waals surface area contributed by atoms with Crippen LogP contribution in [0.1, 0.15) is 42.2 Å². The number of carbonyl (C=O) groups is 1. The summed E-state index contributed by atoms with van der Waals surface area (Å²) >= 11 is 0. The molecule has 1 aromatic heterocycles. The molecule has 2 aromatic rings. The number of rotatable bonds is 6. The molecule has 0 aliphatic rings. The monoisotopic (exact) mass is 290 g/mol. The number of hydrogen-bond donors (Lipinski definition) is 3. The summed E-state index contributed by atoms with van der Waals surface area (Å²) in [4.78, 5) is 12.3. The Morgan fingerprint density at radius 2 is 2.29 bits per heavy atom. The van der Waals surface area contributed by atoms with E-state index in [-0.39, 0.29) is 17.6 Å². The van der Waals surface area contributed by atoms with Gasteiger partial charge < -0.3 is 10.6 Å². The molecular formula is C15H19FN4O. The van der Waals surface area contributed by atoms with Gasteiger partial charge in [-0.1, -0.05) is 13.0 Å². The largest absolute Gasteiger partial charge is 0.382 e. The second-order valence-electron chi connectivity index (χ2n) is 4.82. The molecule has 1 atom stereocenters. The number of aromatic nitrogens is 2. The van der Waals surface area contributed by atoms with Crippen LogP contribution in [0.2, 0.25) is 0 Å². The minimum atomic E-state index is -0.424. The summed E-state index contributed by atoms with van der Waals surface area (Å²) in [5.74, 6) is -0.742. The van der Waals surface area contributed by atoms with Crippen molar-refractivity contribution in [2.45, 2.75) is 26.3 Å². The predicted molar refractivity (Wildman–Crippen MR) is 79.6 cm³/mol. The molecule has 0 radical (unpaired) electrons. The molecule has 0 fully saturated rings. The third kappa shape index (κ3) is 3.59. The number of carbonyl (C=O) groups excluding carboxylic acids is 1. The molecule has 2 rings (SSSR count). The number of para-hydroxylation sites is 1. The summed E-state index contributed by atoms with van der Waals surface area (Å²) in [7, 11) is 0. The van der Waals surface area contributed by atoms with E-state index in [1.54, 1.807) is 18.5 Å². The van der Waals surface area contributed by atoms with Crippen LogP contribution >= 0.6 is 0 Å². The summed E-state index contributed by atoms with van der Waals surface area (Å²) in [5, 5.41) is 12.3. The molecule has 1 heterocycles. The fourth-order valence-corrected chi connectivity index (χ4v) is 2.00. The molecule has 0 saturated heterocycles. The number of hydrogen-bond acceptors (Lipinski definition) is 3. The Labute approximate surface area is 123 Å². The van der Waals surface area contributed by atoms with Gasteiger partial charge in [-0.3, -0.25) is 9.89 Å². The van der Waals surface area contributed by atoms with Crippen LogP contribution in [0.4, 0.5) is 10.1 Å². The van der Waals surface area contributed by atoms with E-state index in [4.69, 9.17) is 0 Å². The summed E-state index contributed by atoms with van der Waals surface area (Å²) in [5.41, 5.74) is 1.41. The highest BCUT2D eigenvalue weighted by molar-refractivity contribution is 5.99. The third-order valence-electron chi connectivity index (χ3n) is 3.18. The van der Waals surface area contributed by atoms with Crippen LogP contribution in [-0.4, -0.2) is 22.6 Å². The van der Waals surface area contributed by atoms with E-state index in [0.29, 0.717) is 12.1 Å². The van der Waals surface area contributed by atoms with Crippen LogP contribution in [0.25, 0.3) is 0 Å². The predicted octanol–water partition coefficient (Wildman–Crippen LogP) is 2.86. The van der Waals surface area contributed by atoms with Crippen molar-refractivity contribution in [3.05, 3.63) is 47.5 Å². The molecular weight excluding hydrogens is 271 g/mol. The Bertz CT molecular complexity index is 598. The normalized spacial score (nSPS) is 12.0. The van der Waals surface area contributed by atoms with Crippen LogP contribution in [0, 0.1) is 5.82 Å². The number of amides is 1. The van der Waals surface area contributed by atoms with E-state index in [2.05, 4.69) is 20.8 Å². The molecule has 5 nitrogen and oxygen atoms in total. The second kappa shape index (κ2) is 6.88. The molecule has 1 aromatic carbocycles. The van der Waals surface area contributed by atoms with E-state index < -0.39 is 5.82 Å². The quantitative estimate of drug-likeness (QED) is 0.766. The minimum absolute atomic E-state index is 0.210. The number of H-pyrrole nitrogens is 1. The summed E-state index contributed by atoms with van der Waals surface area (Å²) in [6, 6.07) is 4.27. The fraction of sp³-hybridized carbons (Fsp3) is 0.333. The van der Waals surface area contributed by atoms with Crippen molar-refractivity contribution in [2.24, 2.45) is 0 Å². The topological polar surface area (TPSA) is 69.8 Å². The van der Waals surface area contributed by atoms with Gasteiger partial charge in [-0.15, -0.1) is 0 Å². The molecule has 0 aliphatic heterocycles. The van der Waals surface area contributed by atoms with Gasteiger partial charge in [0.05, 0.1) is 23.5 Å². The van der Waals surface area contributed by atoms with Crippen LogP contribution < -0.4 is 10.6 Å². The van der Waals surface area contributed by atoms with Crippen molar-refractivity contribution in [3.63, 3.8) is 0 Å². The molecule has 1 amide bonds. The zero-order chi connectivity index (χ0) is 15.2. The lowest BCUT2D eigenvalue weighted by atomic mass is 10.1. The first-order valence-corrected chi connectivity index (χ1v) is 6.95. The molecule has 0 bridgehead atoms. The smallest absolute Gasteiger partial charge is 0.253 e. The molecule has 21 heavy (non-hydrogen) atoms. The van der Waals surface area contributed by atoms with Gasteiger partial charge in [0.2, 0.25) is 0 Å². The van der Waals surface area contributed by atoms with Crippen molar-refractivity contribution in [1.29, 1.82) is 0 Å². The Morgan fingerprint density at radius 1 is 1.48 bits per heavy atom. The highest BCUT2D eigenvalue weighted by Crippen LogP contribution is 2.21. The Morgan fingerprint density at radius 3 is 2.95 bits per heavy atom. The molecule has 0 saturated carbocycles. The first kappa shape index (κ1) is 15.0. The van der Waals surface area contributed by atoms with Gasteiger partial charge in [0.1, 0.15) is 5.82 Å². The summed E-state index contributed by atoms with van der Waals surface area (Å²) in [6.45, 7) is 4.44. The van der Waals surface area contributed by atoms with Gasteiger partial charge in [-0.2, -0.15) is 5.10 Å². The maximum atomic E-state index is 13.9. The van der Waals surface area contributed by atoms with Crippen molar-refractivity contribution < 1.29 is 9.18 Å². The Balaban J connectivity index is 2.17. The van der Waals surface area contributed by atoms with Crippen molar-refractivity contribution in [1.82, 2.24) is 15.5 Å². The van der Waals surface area contributed by atoms with Gasteiger partial charge >= 0.3 is 0 Å². The molecule has 1 unspecified atom stereocenters. The second-order valence-corrected chi connectivity index (χ2v) is 4.82. The standard InChI is InChI=1S/C15H19FN4O/c1-3-7-17-14-12(5-4-6-13(14)16)15(21)20-10(2)11-8-18-19-9-11/h4-6,8-10,17H,3,7H2,1-2H3,(H,18,19)(H,20,21). The molecule has 6 heteroatoms. The molecule has 3 N–H and O–H groups in total. The highest BCUT2D eigenvalue weighted by Gasteiger charge is 2.17. The maximum absolute atomic E-state index is 13.9. The first-order valence-electron chi connectivity index (χ1n) is 6.95. The van der Waals surface area contributed by atoms with E-state index >= 15 is 0 Å². The van der Waals surface area contributed by atoms with E-state index in [1.807, 2.05) is 13.8 Å². The maximum Gasteiger partial charge on any atom is 0.253 e. The van der Waals surface area contributed by atoms with Crippen LogP contribution in [0.5, 0.6) is 0 Å². The summed E-state index contributed by atoms with van der Waals surface area (Å²) in [6.07, 6.45) is 4.21. The van der Waals surface area contributed by atoms with E-state index in [1.165, 1.54) is 12.1 Å². The van der Waals surface area contributed by atoms with E-state index in [0.717, 1.165) is 12.0 Å². The van der Waals surface area contributed by atoms with Crippen LogP contribution in [-0.2, 0) is 0 Å². The SMILES string of the molecule is CCCNc1c(F)cccc1C(=O)NC(C)c1cn[nH]c1. The van der Waals surface area contributed by atoms with Gasteiger partial charge in [0.25, 0.3) is 5.91 Å². The molecule has 0 aliphatic carbocycles. The molecule has 112 valence electrons. The van der Waals surface area contributed by atoms with Gasteiger partial charge in [-0.05, 0) is 25.5 Å². The fourth-order valence-electron chi connectivity index (χ4n) is 2.00. The lowest BCUT2D eigenvalue weighted by molar-refractivity contribution is 0.0940. The lowest BCUT2D eigenvalue weighted by Gasteiger charge is -2.15. The van der Waals surface area contributed by atoms with Crippen molar-refractivity contribution in [3.8, 4) is 0 Å². The average molecular weight is 290 g/mol. The molecule has 0 spiro atoms. The number of anilines is 1. The third-order valence-corrected chi connectivity index (χ3v) is 3.18. The number of nitrogens with one attached hydrogen (secondary N) is 3. The van der Waals surface area contributed by atoms with E-state index in [9.17, 15) is 9.18 Å². The summed E-state index contributed by atoms with van der Waals surface area (Å²) < 4.78 is 13.9. The van der Waals surface area contributed by atoms with Crippen LogP contribution in [0.15, 0.2) is 30.6 Å². The zero-order valence-corrected chi connectivity index (χ0v) is 12.1. The van der Waals surface area contributed by atoms with Crippen molar-refractivity contribution in [2.75, 3.05) is 11.9 Å². The van der Waals surface area contributed by atoms with Gasteiger partial charge in [0.15, 0.2) is 0 Å². The first-order chi connectivity index (χ1) is 10.1. The van der Waals surface area contributed by atoms with Gasteiger partial charge in [-0.25, -0.2) is 4.39 Å². The zero-order valence-electron chi connectivity index (χ0n) is 12.1. The van der Waals surface area contributed by atoms with Crippen LogP contribution in [0.3, 0.4) is 0 Å². The minimum Gasteiger partial charge on any atom is -0.382 e. The highest BCUT2D eigenvalue weighted by atomic mass is 19.1. The Hall–Kier alpha value is -2.37. The van der Waals surface area contributed by atoms with Gasteiger partial charge in [0, 0.05) is 18.3 Å². The Kier molecular flexibility index (Phi) is 4.92. The van der Waals surface area contributed by atoms with Crippen molar-refractivity contribution >= 4 is 11.6 Å². The average Bonchev–Trinajstić information content (AvgIpc) is 3.00. The number of benzene rings is 1. The number of aromatic amines is 1. The number of nitrogens with zero attached hydrogens (tertiary/aromatic N) is 1. The number of halogens is 1. The lowest BCUT2D eigenvalue weighted by Crippen LogP contribution is -2.27.